The van der Waals surface area contributed by atoms with Gasteiger partial charge in [0.25, 0.3) is 0 Å². The predicted molar refractivity (Wildman–Crippen MR) is 62.7 cm³/mol. The van der Waals surface area contributed by atoms with E-state index < -0.39 is 0 Å². The fourth-order valence-corrected chi connectivity index (χ4v) is 1.88. The molecule has 0 spiro atoms. The Bertz CT molecular complexity index is 320. The van der Waals surface area contributed by atoms with Crippen LogP contribution in [0.3, 0.4) is 0 Å². The molecule has 2 rings (SSSR count). The van der Waals surface area contributed by atoms with Crippen LogP contribution in [0.1, 0.15) is 25.5 Å². The molecule has 0 aliphatic heterocycles. The van der Waals surface area contributed by atoms with Gasteiger partial charge in [0.05, 0.1) is 11.4 Å². The van der Waals surface area contributed by atoms with Gasteiger partial charge in [0.1, 0.15) is 0 Å². The van der Waals surface area contributed by atoms with Gasteiger partial charge in [-0.15, -0.1) is 0 Å². The zero-order valence-corrected chi connectivity index (χ0v) is 9.32. The van der Waals surface area contributed by atoms with Crippen LogP contribution in [-0.2, 0) is 6.54 Å². The zero-order chi connectivity index (χ0) is 10.7. The van der Waals surface area contributed by atoms with Crippen molar-refractivity contribution in [2.24, 2.45) is 11.7 Å². The lowest BCUT2D eigenvalue weighted by Crippen LogP contribution is -2.27. The maximum atomic E-state index is 5.70. The van der Waals surface area contributed by atoms with Gasteiger partial charge in [-0.25, -0.2) is 0 Å². The van der Waals surface area contributed by atoms with Crippen molar-refractivity contribution < 1.29 is 0 Å². The molecule has 1 aromatic rings. The first-order chi connectivity index (χ1) is 7.35. The summed E-state index contributed by atoms with van der Waals surface area (Å²) >= 11 is 0. The van der Waals surface area contributed by atoms with Crippen LogP contribution in [0.15, 0.2) is 18.3 Å². The van der Waals surface area contributed by atoms with Gasteiger partial charge in [0, 0.05) is 25.8 Å². The summed E-state index contributed by atoms with van der Waals surface area (Å²) in [4.78, 5) is 6.72. The molecule has 0 saturated heterocycles. The second-order valence-corrected chi connectivity index (χ2v) is 4.16. The lowest BCUT2D eigenvalue weighted by Gasteiger charge is -2.24. The second kappa shape index (κ2) is 4.62. The number of anilines is 1. The van der Waals surface area contributed by atoms with Crippen LogP contribution in [0.25, 0.3) is 0 Å². The summed E-state index contributed by atoms with van der Waals surface area (Å²) in [6.07, 6.45) is 4.58. The van der Waals surface area contributed by atoms with Crippen LogP contribution in [0.2, 0.25) is 0 Å². The number of hydrogen-bond acceptors (Lipinski definition) is 3. The zero-order valence-electron chi connectivity index (χ0n) is 9.32. The fourth-order valence-electron chi connectivity index (χ4n) is 1.88. The molecule has 1 saturated carbocycles. The Kier molecular flexibility index (Phi) is 3.21. The molecular weight excluding hydrogens is 186 g/mol. The first-order valence-corrected chi connectivity index (χ1v) is 5.74. The molecule has 3 nitrogen and oxygen atoms in total. The quantitative estimate of drug-likeness (QED) is 0.796. The Hall–Kier alpha value is -1.09. The van der Waals surface area contributed by atoms with Gasteiger partial charge in [0.15, 0.2) is 0 Å². The maximum Gasteiger partial charge on any atom is 0.0772 e. The van der Waals surface area contributed by atoms with Crippen molar-refractivity contribution in [3.63, 3.8) is 0 Å². The van der Waals surface area contributed by atoms with Crippen LogP contribution < -0.4 is 10.6 Å². The number of nitrogens with two attached hydrogens (primary N) is 1. The van der Waals surface area contributed by atoms with Gasteiger partial charge in [0.2, 0.25) is 0 Å². The van der Waals surface area contributed by atoms with Crippen molar-refractivity contribution in [2.45, 2.75) is 26.3 Å². The van der Waals surface area contributed by atoms with E-state index in [1.165, 1.54) is 18.5 Å². The highest BCUT2D eigenvalue weighted by atomic mass is 15.1. The minimum atomic E-state index is 0.525. The Morgan fingerprint density at radius 1 is 1.53 bits per heavy atom. The highest BCUT2D eigenvalue weighted by molar-refractivity contribution is 5.50. The highest BCUT2D eigenvalue weighted by Gasteiger charge is 2.24. The average Bonchev–Trinajstić information content (AvgIpc) is 3.10. The molecule has 1 aliphatic carbocycles. The molecule has 2 N–H and O–H groups in total. The van der Waals surface area contributed by atoms with Crippen molar-refractivity contribution in [3.05, 3.63) is 24.0 Å². The third-order valence-corrected chi connectivity index (χ3v) is 2.96. The summed E-state index contributed by atoms with van der Waals surface area (Å²) in [6, 6.07) is 4.12. The molecule has 0 atom stereocenters. The largest absolute Gasteiger partial charge is 0.370 e. The van der Waals surface area contributed by atoms with Crippen molar-refractivity contribution in [1.82, 2.24) is 4.98 Å². The predicted octanol–water partition coefficient (Wildman–Crippen LogP) is 1.78. The third kappa shape index (κ3) is 2.48. The Morgan fingerprint density at radius 3 is 2.93 bits per heavy atom. The third-order valence-electron chi connectivity index (χ3n) is 2.96. The Balaban J connectivity index is 2.15. The minimum absolute atomic E-state index is 0.525. The molecular formula is C12H19N3. The first kappa shape index (κ1) is 10.4. The normalized spacial score (nSPS) is 15.3. The number of nitrogens with zero attached hydrogens (tertiary/aromatic N) is 2. The van der Waals surface area contributed by atoms with E-state index >= 15 is 0 Å². The van der Waals surface area contributed by atoms with Crippen molar-refractivity contribution in [1.29, 1.82) is 0 Å². The summed E-state index contributed by atoms with van der Waals surface area (Å²) in [5.74, 6) is 0.899. The summed E-state index contributed by atoms with van der Waals surface area (Å²) < 4.78 is 0. The van der Waals surface area contributed by atoms with Crippen LogP contribution in [-0.4, -0.2) is 18.1 Å². The van der Waals surface area contributed by atoms with Gasteiger partial charge in [-0.05, 0) is 37.8 Å². The van der Waals surface area contributed by atoms with Crippen LogP contribution in [0, 0.1) is 5.92 Å². The lowest BCUT2D eigenvalue weighted by atomic mass is 10.2. The molecule has 0 aromatic carbocycles. The fraction of sp³-hybridized carbons (Fsp3) is 0.583. The van der Waals surface area contributed by atoms with E-state index in [9.17, 15) is 0 Å². The number of pyridine rings is 1. The SMILES string of the molecule is CCN(CC1CC1)c1cccnc1CN. The molecule has 1 aliphatic rings. The van der Waals surface area contributed by atoms with Gasteiger partial charge in [-0.3, -0.25) is 4.98 Å². The van der Waals surface area contributed by atoms with Gasteiger partial charge in [-0.1, -0.05) is 0 Å². The van der Waals surface area contributed by atoms with Crippen molar-refractivity contribution in [2.75, 3.05) is 18.0 Å². The van der Waals surface area contributed by atoms with E-state index in [-0.39, 0.29) is 0 Å². The minimum Gasteiger partial charge on any atom is -0.370 e. The van der Waals surface area contributed by atoms with E-state index in [0.29, 0.717) is 6.54 Å². The standard InChI is InChI=1S/C12H19N3/c1-2-15(9-10-5-6-10)12-4-3-7-14-11(12)8-13/h3-4,7,10H,2,5-6,8-9,13H2,1H3. The van der Waals surface area contributed by atoms with Crippen LogP contribution >= 0.6 is 0 Å². The molecule has 0 amide bonds. The van der Waals surface area contributed by atoms with Gasteiger partial charge in [-0.2, -0.15) is 0 Å². The molecule has 82 valence electrons. The molecule has 3 heteroatoms. The smallest absolute Gasteiger partial charge is 0.0772 e. The molecule has 1 heterocycles. The van der Waals surface area contributed by atoms with E-state index in [0.717, 1.165) is 24.7 Å². The van der Waals surface area contributed by atoms with E-state index in [1.54, 1.807) is 0 Å². The highest BCUT2D eigenvalue weighted by Crippen LogP contribution is 2.31. The summed E-state index contributed by atoms with van der Waals surface area (Å²) in [5.41, 5.74) is 7.93. The van der Waals surface area contributed by atoms with Gasteiger partial charge < -0.3 is 10.6 Å². The Morgan fingerprint density at radius 2 is 2.33 bits per heavy atom. The summed E-state index contributed by atoms with van der Waals surface area (Å²) in [5, 5.41) is 0. The molecule has 1 fully saturated rings. The number of hydrogen-bond donors (Lipinski definition) is 1. The molecule has 0 radical (unpaired) electrons. The number of aromatic nitrogens is 1. The monoisotopic (exact) mass is 205 g/mol. The molecule has 0 bridgehead atoms. The maximum absolute atomic E-state index is 5.70. The van der Waals surface area contributed by atoms with E-state index in [1.807, 2.05) is 12.3 Å². The average molecular weight is 205 g/mol. The van der Waals surface area contributed by atoms with Crippen LogP contribution in [0.5, 0.6) is 0 Å². The summed E-state index contributed by atoms with van der Waals surface area (Å²) in [6.45, 7) is 4.91. The topological polar surface area (TPSA) is 42.2 Å². The lowest BCUT2D eigenvalue weighted by molar-refractivity contribution is 0.734. The summed E-state index contributed by atoms with van der Waals surface area (Å²) in [7, 11) is 0. The number of rotatable bonds is 5. The first-order valence-electron chi connectivity index (χ1n) is 5.74. The van der Waals surface area contributed by atoms with Crippen LogP contribution in [0.4, 0.5) is 5.69 Å². The molecule has 15 heavy (non-hydrogen) atoms. The molecule has 1 aromatic heterocycles. The van der Waals surface area contributed by atoms with Gasteiger partial charge >= 0.3 is 0 Å². The second-order valence-electron chi connectivity index (χ2n) is 4.16. The van der Waals surface area contributed by atoms with Crippen molar-refractivity contribution >= 4 is 5.69 Å². The Labute approximate surface area is 91.3 Å². The molecule has 0 unspecified atom stereocenters. The van der Waals surface area contributed by atoms with Crippen molar-refractivity contribution in [3.8, 4) is 0 Å². The van der Waals surface area contributed by atoms with E-state index in [4.69, 9.17) is 5.73 Å². The van der Waals surface area contributed by atoms with E-state index in [2.05, 4.69) is 22.9 Å².